The first-order chi connectivity index (χ1) is 7.09. The predicted octanol–water partition coefficient (Wildman–Crippen LogP) is 1.63. The Morgan fingerprint density at radius 2 is 2.20 bits per heavy atom. The second-order valence-electron chi connectivity index (χ2n) is 4.54. The Morgan fingerprint density at radius 1 is 1.47 bits per heavy atom. The number of hydrogen-bond acceptors (Lipinski definition) is 3. The molecule has 0 aromatic carbocycles. The number of hydrogen-bond donors (Lipinski definition) is 1. The highest BCUT2D eigenvalue weighted by molar-refractivity contribution is 5.67. The van der Waals surface area contributed by atoms with Crippen LogP contribution < -0.4 is 0 Å². The fraction of sp³-hybridized carbons (Fsp3) is 0.909. The number of nitrogens with zero attached hydrogens (tertiary/aromatic N) is 1. The molecule has 1 saturated heterocycles. The van der Waals surface area contributed by atoms with E-state index in [9.17, 15) is 9.90 Å². The summed E-state index contributed by atoms with van der Waals surface area (Å²) >= 11 is 0. The molecule has 1 aliphatic heterocycles. The van der Waals surface area contributed by atoms with Gasteiger partial charge < -0.3 is 14.7 Å². The molecule has 0 saturated carbocycles. The van der Waals surface area contributed by atoms with Gasteiger partial charge in [0, 0.05) is 13.1 Å². The summed E-state index contributed by atoms with van der Waals surface area (Å²) in [5, 5.41) is 9.43. The minimum atomic E-state index is -0.257. The van der Waals surface area contributed by atoms with Crippen molar-refractivity contribution in [2.24, 2.45) is 5.92 Å². The largest absolute Gasteiger partial charge is 0.449 e. The molecule has 1 unspecified atom stereocenters. The van der Waals surface area contributed by atoms with Crippen molar-refractivity contribution in [3.05, 3.63) is 0 Å². The van der Waals surface area contributed by atoms with E-state index in [1.165, 1.54) is 0 Å². The number of amides is 1. The molecule has 15 heavy (non-hydrogen) atoms. The van der Waals surface area contributed by atoms with Gasteiger partial charge in [0.25, 0.3) is 0 Å². The number of carbonyl (C=O) groups is 1. The molecule has 0 bridgehead atoms. The van der Waals surface area contributed by atoms with Crippen LogP contribution in [0.1, 0.15) is 33.1 Å². The molecule has 1 rings (SSSR count). The van der Waals surface area contributed by atoms with Crippen molar-refractivity contribution in [2.45, 2.75) is 39.2 Å². The Bertz CT molecular complexity index is 206. The fourth-order valence-electron chi connectivity index (χ4n) is 1.59. The van der Waals surface area contributed by atoms with Crippen molar-refractivity contribution in [1.82, 2.24) is 4.90 Å². The molecule has 0 aromatic heterocycles. The van der Waals surface area contributed by atoms with Gasteiger partial charge in [-0.15, -0.1) is 0 Å². The van der Waals surface area contributed by atoms with E-state index >= 15 is 0 Å². The maximum absolute atomic E-state index is 11.6. The summed E-state index contributed by atoms with van der Waals surface area (Å²) in [6.45, 7) is 5.81. The summed E-state index contributed by atoms with van der Waals surface area (Å²) in [4.78, 5) is 13.3. The predicted molar refractivity (Wildman–Crippen MR) is 57.6 cm³/mol. The maximum atomic E-state index is 11.6. The van der Waals surface area contributed by atoms with Gasteiger partial charge in [0.2, 0.25) is 0 Å². The molecule has 1 N–H and O–H groups in total. The van der Waals surface area contributed by atoms with Gasteiger partial charge >= 0.3 is 6.09 Å². The lowest BCUT2D eigenvalue weighted by Crippen LogP contribution is -2.33. The van der Waals surface area contributed by atoms with Crippen LogP contribution in [0.15, 0.2) is 0 Å². The van der Waals surface area contributed by atoms with Crippen molar-refractivity contribution in [3.8, 4) is 0 Å². The number of aliphatic hydroxyl groups excluding tert-OH is 1. The van der Waals surface area contributed by atoms with Gasteiger partial charge in [-0.25, -0.2) is 4.79 Å². The first kappa shape index (κ1) is 12.3. The number of ether oxygens (including phenoxy) is 1. The van der Waals surface area contributed by atoms with Gasteiger partial charge in [-0.2, -0.15) is 0 Å². The van der Waals surface area contributed by atoms with Crippen molar-refractivity contribution in [3.63, 3.8) is 0 Å². The SMILES string of the molecule is CC(C)COC(=O)N1CCCC(O)CC1. The molecule has 4 heteroatoms. The Morgan fingerprint density at radius 3 is 2.87 bits per heavy atom. The molecule has 1 aliphatic rings. The van der Waals surface area contributed by atoms with E-state index in [4.69, 9.17) is 4.74 Å². The average Bonchev–Trinajstić information content (AvgIpc) is 2.39. The van der Waals surface area contributed by atoms with Crippen LogP contribution in [0.25, 0.3) is 0 Å². The van der Waals surface area contributed by atoms with E-state index < -0.39 is 0 Å². The zero-order chi connectivity index (χ0) is 11.3. The van der Waals surface area contributed by atoms with Gasteiger partial charge in [0.05, 0.1) is 12.7 Å². The summed E-state index contributed by atoms with van der Waals surface area (Å²) in [6.07, 6.45) is 1.81. The molecule has 0 spiro atoms. The highest BCUT2D eigenvalue weighted by Crippen LogP contribution is 2.11. The zero-order valence-electron chi connectivity index (χ0n) is 9.61. The molecule has 4 nitrogen and oxygen atoms in total. The summed E-state index contributed by atoms with van der Waals surface area (Å²) in [5.41, 5.74) is 0. The standard InChI is InChI=1S/C11H21NO3/c1-9(2)8-15-11(14)12-6-3-4-10(13)5-7-12/h9-10,13H,3-8H2,1-2H3. The first-order valence-electron chi connectivity index (χ1n) is 5.69. The van der Waals surface area contributed by atoms with E-state index in [2.05, 4.69) is 0 Å². The summed E-state index contributed by atoms with van der Waals surface area (Å²) in [7, 11) is 0. The molecule has 1 fully saturated rings. The smallest absolute Gasteiger partial charge is 0.409 e. The number of rotatable bonds is 2. The van der Waals surface area contributed by atoms with Gasteiger partial charge in [0.15, 0.2) is 0 Å². The molecular formula is C11H21NO3. The molecule has 0 aromatic rings. The van der Waals surface area contributed by atoms with Crippen molar-refractivity contribution in [1.29, 1.82) is 0 Å². The van der Waals surface area contributed by atoms with Gasteiger partial charge in [-0.05, 0) is 25.2 Å². The third-order valence-electron chi connectivity index (χ3n) is 2.50. The van der Waals surface area contributed by atoms with Crippen LogP contribution in [0.3, 0.4) is 0 Å². The van der Waals surface area contributed by atoms with Crippen LogP contribution in [0.4, 0.5) is 4.79 Å². The molecule has 0 aliphatic carbocycles. The number of likely N-dealkylation sites (tertiary alicyclic amines) is 1. The number of carbonyl (C=O) groups excluding carboxylic acids is 1. The van der Waals surface area contributed by atoms with Crippen LogP contribution in [0.5, 0.6) is 0 Å². The van der Waals surface area contributed by atoms with Gasteiger partial charge in [-0.1, -0.05) is 13.8 Å². The zero-order valence-corrected chi connectivity index (χ0v) is 9.61. The Balaban J connectivity index is 2.31. The maximum Gasteiger partial charge on any atom is 0.409 e. The highest BCUT2D eigenvalue weighted by Gasteiger charge is 2.20. The Labute approximate surface area is 91.2 Å². The molecule has 1 heterocycles. The molecule has 1 atom stereocenters. The summed E-state index contributed by atoms with van der Waals surface area (Å²) in [6, 6.07) is 0. The van der Waals surface area contributed by atoms with Crippen molar-refractivity contribution in [2.75, 3.05) is 19.7 Å². The minimum absolute atomic E-state index is 0.238. The van der Waals surface area contributed by atoms with Crippen molar-refractivity contribution >= 4 is 6.09 Å². The lowest BCUT2D eigenvalue weighted by molar-refractivity contribution is 0.0910. The third kappa shape index (κ3) is 4.51. The lowest BCUT2D eigenvalue weighted by Gasteiger charge is -2.20. The quantitative estimate of drug-likeness (QED) is 0.761. The monoisotopic (exact) mass is 215 g/mol. The van der Waals surface area contributed by atoms with Crippen LogP contribution >= 0.6 is 0 Å². The second-order valence-corrected chi connectivity index (χ2v) is 4.54. The third-order valence-corrected chi connectivity index (χ3v) is 2.50. The Hall–Kier alpha value is -0.770. The number of aliphatic hydroxyl groups is 1. The second kappa shape index (κ2) is 5.95. The van der Waals surface area contributed by atoms with E-state index in [1.807, 2.05) is 13.8 Å². The van der Waals surface area contributed by atoms with Gasteiger partial charge in [-0.3, -0.25) is 0 Å². The molecule has 88 valence electrons. The topological polar surface area (TPSA) is 49.8 Å². The first-order valence-corrected chi connectivity index (χ1v) is 5.69. The van der Waals surface area contributed by atoms with E-state index in [0.29, 0.717) is 32.0 Å². The summed E-state index contributed by atoms with van der Waals surface area (Å²) in [5.74, 6) is 0.367. The molecule has 0 radical (unpaired) electrons. The normalized spacial score (nSPS) is 22.7. The van der Waals surface area contributed by atoms with Crippen LogP contribution in [-0.2, 0) is 4.74 Å². The minimum Gasteiger partial charge on any atom is -0.449 e. The molecule has 1 amide bonds. The van der Waals surface area contributed by atoms with Crippen LogP contribution in [-0.4, -0.2) is 41.9 Å². The average molecular weight is 215 g/mol. The van der Waals surface area contributed by atoms with Crippen LogP contribution in [0.2, 0.25) is 0 Å². The highest BCUT2D eigenvalue weighted by atomic mass is 16.6. The van der Waals surface area contributed by atoms with Crippen LogP contribution in [0, 0.1) is 5.92 Å². The lowest BCUT2D eigenvalue weighted by atomic mass is 10.2. The van der Waals surface area contributed by atoms with E-state index in [-0.39, 0.29) is 12.2 Å². The fourth-order valence-corrected chi connectivity index (χ4v) is 1.59. The Kier molecular flexibility index (Phi) is 4.88. The summed E-state index contributed by atoms with van der Waals surface area (Å²) < 4.78 is 5.14. The van der Waals surface area contributed by atoms with E-state index in [0.717, 1.165) is 12.8 Å². The van der Waals surface area contributed by atoms with Crippen molar-refractivity contribution < 1.29 is 14.6 Å². The molecular weight excluding hydrogens is 194 g/mol. The van der Waals surface area contributed by atoms with Gasteiger partial charge in [0.1, 0.15) is 0 Å². The van der Waals surface area contributed by atoms with E-state index in [1.54, 1.807) is 4.90 Å².